The summed E-state index contributed by atoms with van der Waals surface area (Å²) in [4.78, 5) is 5.18. The molecule has 1 aromatic carbocycles. The Morgan fingerprint density at radius 3 is 2.72 bits per heavy atom. The Labute approximate surface area is 111 Å². The second-order valence-corrected chi connectivity index (χ2v) is 5.42. The first-order valence-corrected chi connectivity index (χ1v) is 6.36. The number of rotatable bonds is 3. The molecule has 1 unspecified atom stereocenters. The van der Waals surface area contributed by atoms with Crippen LogP contribution in [0.3, 0.4) is 0 Å². The van der Waals surface area contributed by atoms with Gasteiger partial charge in [-0.2, -0.15) is 0 Å². The monoisotopic (exact) mass is 267 g/mol. The van der Waals surface area contributed by atoms with Crippen molar-refractivity contribution in [3.63, 3.8) is 0 Å². The number of benzene rings is 1. The fraction of sp³-hybridized carbons (Fsp3) is 0.462. The van der Waals surface area contributed by atoms with Crippen LogP contribution in [-0.4, -0.2) is 35.1 Å². The van der Waals surface area contributed by atoms with Gasteiger partial charge in [-0.15, -0.1) is 0 Å². The molecule has 0 amide bonds. The number of likely N-dealkylation sites (N-methyl/N-ethyl adjacent to an activating group) is 1. The summed E-state index contributed by atoms with van der Waals surface area (Å²) in [6.45, 7) is 4.77. The van der Waals surface area contributed by atoms with E-state index in [0.717, 1.165) is 17.6 Å². The maximum Gasteiger partial charge on any atom is 0.178 e. The molecule has 2 aromatic rings. The number of nitrogens with one attached hydrogen (secondary N) is 1. The van der Waals surface area contributed by atoms with Gasteiger partial charge in [0.15, 0.2) is 4.77 Å². The molecule has 0 radical (unpaired) electrons. The van der Waals surface area contributed by atoms with Gasteiger partial charge in [0, 0.05) is 12.6 Å². The van der Waals surface area contributed by atoms with Crippen molar-refractivity contribution < 1.29 is 4.39 Å². The summed E-state index contributed by atoms with van der Waals surface area (Å²) in [6, 6.07) is 3.61. The van der Waals surface area contributed by atoms with Gasteiger partial charge in [0.1, 0.15) is 5.82 Å². The van der Waals surface area contributed by atoms with Crippen molar-refractivity contribution in [2.24, 2.45) is 0 Å². The molecule has 98 valence electrons. The lowest BCUT2D eigenvalue weighted by Gasteiger charge is -2.19. The van der Waals surface area contributed by atoms with Gasteiger partial charge in [-0.3, -0.25) is 0 Å². The van der Waals surface area contributed by atoms with Gasteiger partial charge >= 0.3 is 0 Å². The molecule has 0 spiro atoms. The van der Waals surface area contributed by atoms with Gasteiger partial charge in [-0.25, -0.2) is 4.39 Å². The molecule has 0 bridgehead atoms. The van der Waals surface area contributed by atoms with Crippen molar-refractivity contribution in [1.82, 2.24) is 14.5 Å². The summed E-state index contributed by atoms with van der Waals surface area (Å²) in [5, 5.41) is 0. The first-order chi connectivity index (χ1) is 8.40. The molecule has 0 saturated heterocycles. The SMILES string of the molecule is Cc1cc2c(cc1F)[nH]c(=S)n2C(C)CN(C)C. The largest absolute Gasteiger partial charge is 0.330 e. The van der Waals surface area contributed by atoms with Crippen molar-refractivity contribution in [3.8, 4) is 0 Å². The number of hydrogen-bond donors (Lipinski definition) is 1. The molecule has 0 aliphatic heterocycles. The van der Waals surface area contributed by atoms with Crippen molar-refractivity contribution in [2.45, 2.75) is 19.9 Å². The van der Waals surface area contributed by atoms with E-state index in [1.165, 1.54) is 6.07 Å². The highest BCUT2D eigenvalue weighted by atomic mass is 32.1. The number of nitrogens with zero attached hydrogens (tertiary/aromatic N) is 2. The van der Waals surface area contributed by atoms with Crippen molar-refractivity contribution >= 4 is 23.3 Å². The molecular formula is C13H18FN3S. The third-order valence-corrected chi connectivity index (χ3v) is 3.37. The molecule has 0 fully saturated rings. The molecule has 1 N–H and O–H groups in total. The topological polar surface area (TPSA) is 24.0 Å². The van der Waals surface area contributed by atoms with Gasteiger partial charge in [0.05, 0.1) is 11.0 Å². The Morgan fingerprint density at radius 1 is 1.44 bits per heavy atom. The number of H-pyrrole nitrogens is 1. The van der Waals surface area contributed by atoms with Crippen LogP contribution >= 0.6 is 12.2 Å². The molecular weight excluding hydrogens is 249 g/mol. The van der Waals surface area contributed by atoms with Crippen molar-refractivity contribution in [2.75, 3.05) is 20.6 Å². The van der Waals surface area contributed by atoms with E-state index in [-0.39, 0.29) is 11.9 Å². The highest BCUT2D eigenvalue weighted by molar-refractivity contribution is 7.71. The second-order valence-electron chi connectivity index (χ2n) is 5.03. The Bertz CT molecular complexity index is 627. The number of hydrogen-bond acceptors (Lipinski definition) is 2. The summed E-state index contributed by atoms with van der Waals surface area (Å²) in [5.41, 5.74) is 2.37. The fourth-order valence-corrected chi connectivity index (χ4v) is 2.69. The molecule has 2 rings (SSSR count). The second kappa shape index (κ2) is 4.82. The van der Waals surface area contributed by atoms with E-state index in [2.05, 4.69) is 21.4 Å². The average molecular weight is 267 g/mol. The Kier molecular flexibility index (Phi) is 3.54. The van der Waals surface area contributed by atoms with E-state index in [4.69, 9.17) is 12.2 Å². The van der Waals surface area contributed by atoms with Crippen LogP contribution in [0.25, 0.3) is 11.0 Å². The predicted molar refractivity (Wildman–Crippen MR) is 75.1 cm³/mol. The normalized spacial score (nSPS) is 13.4. The van der Waals surface area contributed by atoms with E-state index in [1.54, 1.807) is 6.92 Å². The summed E-state index contributed by atoms with van der Waals surface area (Å²) in [6.07, 6.45) is 0. The maximum absolute atomic E-state index is 13.5. The first kappa shape index (κ1) is 13.2. The molecule has 1 aromatic heterocycles. The zero-order valence-electron chi connectivity index (χ0n) is 11.1. The number of aryl methyl sites for hydroxylation is 1. The third-order valence-electron chi connectivity index (χ3n) is 3.07. The van der Waals surface area contributed by atoms with Gasteiger partial charge < -0.3 is 14.5 Å². The fourth-order valence-electron chi connectivity index (χ4n) is 2.30. The summed E-state index contributed by atoms with van der Waals surface area (Å²) >= 11 is 5.33. The minimum atomic E-state index is -0.203. The van der Waals surface area contributed by atoms with Crippen LogP contribution in [0.2, 0.25) is 0 Å². The van der Waals surface area contributed by atoms with Gasteiger partial charge in [-0.05, 0) is 57.9 Å². The van der Waals surface area contributed by atoms with Gasteiger partial charge in [0.2, 0.25) is 0 Å². The summed E-state index contributed by atoms with van der Waals surface area (Å²) < 4.78 is 16.2. The lowest BCUT2D eigenvalue weighted by molar-refractivity contribution is 0.339. The molecule has 0 aliphatic carbocycles. The van der Waals surface area contributed by atoms with E-state index in [9.17, 15) is 4.39 Å². The molecule has 0 saturated carbocycles. The highest BCUT2D eigenvalue weighted by Gasteiger charge is 2.13. The lowest BCUT2D eigenvalue weighted by Crippen LogP contribution is -2.22. The minimum Gasteiger partial charge on any atom is -0.330 e. The first-order valence-electron chi connectivity index (χ1n) is 5.95. The van der Waals surface area contributed by atoms with E-state index in [1.807, 2.05) is 20.2 Å². The van der Waals surface area contributed by atoms with Gasteiger partial charge in [0.25, 0.3) is 0 Å². The quantitative estimate of drug-likeness (QED) is 0.863. The molecule has 18 heavy (non-hydrogen) atoms. The molecule has 5 heteroatoms. The number of aromatic amines is 1. The zero-order valence-corrected chi connectivity index (χ0v) is 11.9. The molecule has 1 atom stereocenters. The molecule has 0 aliphatic rings. The number of fused-ring (bicyclic) bond motifs is 1. The Morgan fingerprint density at radius 2 is 2.11 bits per heavy atom. The maximum atomic E-state index is 13.5. The van der Waals surface area contributed by atoms with Crippen LogP contribution < -0.4 is 0 Å². The van der Waals surface area contributed by atoms with E-state index < -0.39 is 0 Å². The summed E-state index contributed by atoms with van der Waals surface area (Å²) in [7, 11) is 4.06. The molecule has 1 heterocycles. The van der Waals surface area contributed by atoms with E-state index in [0.29, 0.717) is 10.3 Å². The van der Waals surface area contributed by atoms with Crippen LogP contribution in [0.15, 0.2) is 12.1 Å². The van der Waals surface area contributed by atoms with Gasteiger partial charge in [-0.1, -0.05) is 0 Å². The Hall–Kier alpha value is -1.20. The Balaban J connectivity index is 2.60. The van der Waals surface area contributed by atoms with Crippen LogP contribution in [0.4, 0.5) is 4.39 Å². The average Bonchev–Trinajstić information content (AvgIpc) is 2.53. The van der Waals surface area contributed by atoms with Crippen molar-refractivity contribution in [1.29, 1.82) is 0 Å². The number of halogens is 1. The van der Waals surface area contributed by atoms with Crippen LogP contribution in [0, 0.1) is 17.5 Å². The third kappa shape index (κ3) is 2.33. The summed E-state index contributed by atoms with van der Waals surface area (Å²) in [5.74, 6) is -0.203. The predicted octanol–water partition coefficient (Wildman–Crippen LogP) is 3.27. The van der Waals surface area contributed by atoms with Crippen molar-refractivity contribution in [3.05, 3.63) is 28.3 Å². The molecule has 3 nitrogen and oxygen atoms in total. The number of imidazole rings is 1. The van der Waals surface area contributed by atoms with E-state index >= 15 is 0 Å². The van der Waals surface area contributed by atoms with Crippen LogP contribution in [0.5, 0.6) is 0 Å². The smallest absolute Gasteiger partial charge is 0.178 e. The zero-order chi connectivity index (χ0) is 13.4. The van der Waals surface area contributed by atoms with Crippen LogP contribution in [-0.2, 0) is 0 Å². The lowest BCUT2D eigenvalue weighted by atomic mass is 10.2. The highest BCUT2D eigenvalue weighted by Crippen LogP contribution is 2.22. The minimum absolute atomic E-state index is 0.203. The standard InChI is InChI=1S/C13H18FN3S/c1-8-5-12-11(6-10(8)14)15-13(18)17(12)9(2)7-16(3)4/h5-6,9H,7H2,1-4H3,(H,15,18). The number of aromatic nitrogens is 2. The van der Waals surface area contributed by atoms with Crippen LogP contribution in [0.1, 0.15) is 18.5 Å².